The Balaban J connectivity index is 1.58. The summed E-state index contributed by atoms with van der Waals surface area (Å²) in [7, 11) is -2.35. The molecule has 31 heavy (non-hydrogen) atoms. The lowest BCUT2D eigenvalue weighted by Gasteiger charge is -2.14. The topological polar surface area (TPSA) is 120 Å². The van der Waals surface area contributed by atoms with Crippen molar-refractivity contribution in [3.8, 4) is 11.5 Å². The molecule has 0 radical (unpaired) electrons. The van der Waals surface area contributed by atoms with E-state index in [1.807, 2.05) is 19.1 Å². The zero-order chi connectivity index (χ0) is 22.4. The van der Waals surface area contributed by atoms with E-state index < -0.39 is 16.1 Å². The highest BCUT2D eigenvalue weighted by atomic mass is 32.2. The summed E-state index contributed by atoms with van der Waals surface area (Å²) in [5, 5.41) is 10.1. The zero-order valence-electron chi connectivity index (χ0n) is 17.2. The Morgan fingerprint density at radius 3 is 2.45 bits per heavy atom. The lowest BCUT2D eigenvalue weighted by Crippen LogP contribution is -2.36. The first-order valence-corrected chi connectivity index (χ1v) is 11.6. The van der Waals surface area contributed by atoms with Gasteiger partial charge in [-0.3, -0.25) is 10.1 Å². The SMILES string of the molecule is COc1ccc(OC[C@@H](C)NS(=O)(=O)c2nnc(NC(=O)c3ccccc3C)s2)cc1. The molecule has 0 unspecified atom stereocenters. The number of aryl methyl sites for hydroxylation is 1. The number of amides is 1. The number of hydrogen-bond donors (Lipinski definition) is 2. The number of sulfonamides is 1. The van der Waals surface area contributed by atoms with E-state index in [1.54, 1.807) is 50.4 Å². The van der Waals surface area contributed by atoms with E-state index in [1.165, 1.54) is 0 Å². The van der Waals surface area contributed by atoms with Gasteiger partial charge in [0.25, 0.3) is 15.9 Å². The standard InChI is InChI=1S/C20H22N4O5S2/c1-13-6-4-5-7-17(13)18(25)21-19-22-23-20(30-19)31(26,27)24-14(2)12-29-16-10-8-15(28-3)9-11-16/h4-11,14,24H,12H2,1-3H3,(H,21,22,25)/t14-/m1/s1. The van der Waals surface area contributed by atoms with Gasteiger partial charge in [0.1, 0.15) is 18.1 Å². The van der Waals surface area contributed by atoms with E-state index in [0.29, 0.717) is 17.1 Å². The van der Waals surface area contributed by atoms with Gasteiger partial charge in [-0.2, -0.15) is 0 Å². The summed E-state index contributed by atoms with van der Waals surface area (Å²) in [5.41, 5.74) is 1.27. The summed E-state index contributed by atoms with van der Waals surface area (Å²) in [5.74, 6) is 0.902. The minimum absolute atomic E-state index is 0.0933. The number of carbonyl (C=O) groups is 1. The quantitative estimate of drug-likeness (QED) is 0.469. The molecule has 11 heteroatoms. The molecule has 2 aromatic carbocycles. The molecule has 0 saturated heterocycles. The van der Waals surface area contributed by atoms with Crippen LogP contribution in [0.25, 0.3) is 0 Å². The molecule has 0 spiro atoms. The van der Waals surface area contributed by atoms with Crippen LogP contribution in [-0.2, 0) is 10.0 Å². The maximum atomic E-state index is 12.6. The summed E-state index contributed by atoms with van der Waals surface area (Å²) in [6.07, 6.45) is 0. The monoisotopic (exact) mass is 462 g/mol. The third-order valence-corrected chi connectivity index (χ3v) is 6.96. The third-order valence-electron chi connectivity index (χ3n) is 4.16. The lowest BCUT2D eigenvalue weighted by molar-refractivity contribution is 0.102. The van der Waals surface area contributed by atoms with Gasteiger partial charge in [-0.1, -0.05) is 29.5 Å². The van der Waals surface area contributed by atoms with Crippen LogP contribution in [0.15, 0.2) is 52.9 Å². The van der Waals surface area contributed by atoms with Crippen molar-refractivity contribution in [2.45, 2.75) is 24.2 Å². The van der Waals surface area contributed by atoms with E-state index in [2.05, 4.69) is 20.2 Å². The van der Waals surface area contributed by atoms with Crippen molar-refractivity contribution in [2.75, 3.05) is 19.0 Å². The second kappa shape index (κ2) is 9.86. The first-order chi connectivity index (χ1) is 14.8. The van der Waals surface area contributed by atoms with Crippen molar-refractivity contribution in [3.05, 3.63) is 59.7 Å². The summed E-state index contributed by atoms with van der Waals surface area (Å²) in [4.78, 5) is 12.4. The molecule has 1 heterocycles. The van der Waals surface area contributed by atoms with Gasteiger partial charge in [-0.15, -0.1) is 10.2 Å². The van der Waals surface area contributed by atoms with Crippen LogP contribution < -0.4 is 19.5 Å². The van der Waals surface area contributed by atoms with Crippen LogP contribution in [0.1, 0.15) is 22.8 Å². The van der Waals surface area contributed by atoms with E-state index in [4.69, 9.17) is 9.47 Å². The van der Waals surface area contributed by atoms with Crippen LogP contribution in [0.4, 0.5) is 5.13 Å². The number of hydrogen-bond acceptors (Lipinski definition) is 8. The van der Waals surface area contributed by atoms with Crippen LogP contribution in [0.3, 0.4) is 0 Å². The average Bonchev–Trinajstić information content (AvgIpc) is 3.22. The normalized spacial score (nSPS) is 12.2. The molecule has 1 atom stereocenters. The molecule has 0 aliphatic carbocycles. The molecule has 2 N–H and O–H groups in total. The zero-order valence-corrected chi connectivity index (χ0v) is 18.8. The van der Waals surface area contributed by atoms with Crippen molar-refractivity contribution in [3.63, 3.8) is 0 Å². The predicted octanol–water partition coefficient (Wildman–Crippen LogP) is 2.85. The first-order valence-electron chi connectivity index (χ1n) is 9.28. The number of benzene rings is 2. The van der Waals surface area contributed by atoms with Gasteiger partial charge in [-0.05, 0) is 49.7 Å². The molecule has 1 amide bonds. The molecule has 3 rings (SSSR count). The number of methoxy groups -OCH3 is 1. The van der Waals surface area contributed by atoms with Gasteiger partial charge in [-0.25, -0.2) is 13.1 Å². The van der Waals surface area contributed by atoms with Gasteiger partial charge < -0.3 is 9.47 Å². The third kappa shape index (κ3) is 6.00. The van der Waals surface area contributed by atoms with E-state index in [0.717, 1.165) is 16.9 Å². The molecule has 1 aromatic heterocycles. The van der Waals surface area contributed by atoms with Crippen molar-refractivity contribution in [1.82, 2.24) is 14.9 Å². The maximum absolute atomic E-state index is 12.6. The molecule has 3 aromatic rings. The first kappa shape index (κ1) is 22.7. The smallest absolute Gasteiger partial charge is 0.270 e. The molecule has 0 aliphatic heterocycles. The fraction of sp³-hybridized carbons (Fsp3) is 0.250. The van der Waals surface area contributed by atoms with Gasteiger partial charge in [0, 0.05) is 5.56 Å². The predicted molar refractivity (Wildman–Crippen MR) is 117 cm³/mol. The molecule has 164 valence electrons. The van der Waals surface area contributed by atoms with Crippen molar-refractivity contribution < 1.29 is 22.7 Å². The fourth-order valence-corrected chi connectivity index (χ4v) is 4.74. The number of aromatic nitrogens is 2. The van der Waals surface area contributed by atoms with Crippen LogP contribution in [0, 0.1) is 6.92 Å². The van der Waals surface area contributed by atoms with E-state index >= 15 is 0 Å². The number of carbonyl (C=O) groups excluding carboxylic acids is 1. The minimum atomic E-state index is -3.92. The van der Waals surface area contributed by atoms with Gasteiger partial charge in [0.05, 0.1) is 13.2 Å². The summed E-state index contributed by atoms with van der Waals surface area (Å²) < 4.78 is 38.1. The van der Waals surface area contributed by atoms with Crippen LogP contribution in [0.5, 0.6) is 11.5 Å². The number of nitrogens with zero attached hydrogens (tertiary/aromatic N) is 2. The highest BCUT2D eigenvalue weighted by Crippen LogP contribution is 2.22. The second-order valence-electron chi connectivity index (χ2n) is 6.65. The molecular formula is C20H22N4O5S2. The minimum Gasteiger partial charge on any atom is -0.497 e. The average molecular weight is 463 g/mol. The second-order valence-corrected chi connectivity index (χ2v) is 9.52. The van der Waals surface area contributed by atoms with E-state index in [-0.39, 0.29) is 22.0 Å². The number of rotatable bonds is 9. The highest BCUT2D eigenvalue weighted by Gasteiger charge is 2.23. The maximum Gasteiger partial charge on any atom is 0.270 e. The Hall–Kier alpha value is -3.02. The lowest BCUT2D eigenvalue weighted by atomic mass is 10.1. The van der Waals surface area contributed by atoms with Crippen molar-refractivity contribution in [1.29, 1.82) is 0 Å². The van der Waals surface area contributed by atoms with Crippen molar-refractivity contribution in [2.24, 2.45) is 0 Å². The number of nitrogens with one attached hydrogen (secondary N) is 2. The Morgan fingerprint density at radius 1 is 1.10 bits per heavy atom. The fourth-order valence-electron chi connectivity index (χ4n) is 2.60. The Labute approximate surface area is 184 Å². The van der Waals surface area contributed by atoms with Gasteiger partial charge in [0.2, 0.25) is 9.47 Å². The van der Waals surface area contributed by atoms with Crippen LogP contribution >= 0.6 is 11.3 Å². The molecule has 0 fully saturated rings. The Bertz CT molecular complexity index is 1150. The van der Waals surface area contributed by atoms with Crippen molar-refractivity contribution >= 4 is 32.4 Å². The van der Waals surface area contributed by atoms with Gasteiger partial charge in [0.15, 0.2) is 0 Å². The number of anilines is 1. The Morgan fingerprint density at radius 2 is 1.77 bits per heavy atom. The van der Waals surface area contributed by atoms with Gasteiger partial charge >= 0.3 is 0 Å². The molecular weight excluding hydrogens is 440 g/mol. The molecule has 0 saturated carbocycles. The van der Waals surface area contributed by atoms with Crippen LogP contribution in [0.2, 0.25) is 0 Å². The number of ether oxygens (including phenoxy) is 2. The molecule has 0 aliphatic rings. The van der Waals surface area contributed by atoms with Crippen LogP contribution in [-0.4, -0.2) is 44.3 Å². The highest BCUT2D eigenvalue weighted by molar-refractivity contribution is 7.91. The molecule has 0 bridgehead atoms. The summed E-state index contributed by atoms with van der Waals surface area (Å²) in [6, 6.07) is 13.5. The summed E-state index contributed by atoms with van der Waals surface area (Å²) >= 11 is 0.770. The molecule has 9 nitrogen and oxygen atoms in total. The summed E-state index contributed by atoms with van der Waals surface area (Å²) in [6.45, 7) is 3.59. The Kier molecular flexibility index (Phi) is 7.21. The van der Waals surface area contributed by atoms with E-state index in [9.17, 15) is 13.2 Å². The largest absolute Gasteiger partial charge is 0.497 e.